The second-order valence-corrected chi connectivity index (χ2v) is 8.84. The largest absolute Gasteiger partial charge is 0.460 e. The lowest BCUT2D eigenvalue weighted by atomic mass is 9.87. The van der Waals surface area contributed by atoms with E-state index < -0.39 is 5.92 Å². The van der Waals surface area contributed by atoms with Crippen LogP contribution in [0, 0.1) is 22.7 Å². The molecule has 0 saturated heterocycles. The molecule has 0 saturated carbocycles. The highest BCUT2D eigenvalue weighted by atomic mass is 35.5. The number of fused-ring (bicyclic) bond motifs is 3. The lowest BCUT2D eigenvalue weighted by Gasteiger charge is -2.30. The highest BCUT2D eigenvalue weighted by Gasteiger charge is 2.41. The molecule has 3 heterocycles. The van der Waals surface area contributed by atoms with E-state index in [1.54, 1.807) is 35.2 Å². The summed E-state index contributed by atoms with van der Waals surface area (Å²) in [6, 6.07) is 20.8. The number of thioether (sulfide) groups is 1. The molecular weight excluding hydrogens is 451 g/mol. The molecule has 0 spiro atoms. The van der Waals surface area contributed by atoms with Gasteiger partial charge in [0.25, 0.3) is 0 Å². The third-order valence-corrected chi connectivity index (χ3v) is 6.74. The van der Waals surface area contributed by atoms with Gasteiger partial charge in [-0.3, -0.25) is 4.90 Å². The van der Waals surface area contributed by atoms with Crippen molar-refractivity contribution in [2.75, 3.05) is 4.90 Å². The number of nitrogens with two attached hydrogens (primary N) is 1. The normalized spacial score (nSPS) is 17.3. The number of nitriles is 2. The molecule has 31 heavy (non-hydrogen) atoms. The summed E-state index contributed by atoms with van der Waals surface area (Å²) in [5.41, 5.74) is 8.68. The zero-order valence-corrected chi connectivity index (χ0v) is 18.1. The van der Waals surface area contributed by atoms with Crippen molar-refractivity contribution in [2.24, 2.45) is 5.73 Å². The fraction of sp³-hybridized carbons (Fsp3) is 0.0435. The first-order valence-corrected chi connectivity index (χ1v) is 10.8. The van der Waals surface area contributed by atoms with Crippen molar-refractivity contribution in [3.05, 3.63) is 92.4 Å². The Hall–Kier alpha value is -3.29. The fourth-order valence-electron chi connectivity index (χ4n) is 3.82. The van der Waals surface area contributed by atoms with Crippen LogP contribution in [0.2, 0.25) is 10.0 Å². The Labute approximate surface area is 192 Å². The van der Waals surface area contributed by atoms with Crippen LogP contribution in [0.3, 0.4) is 0 Å². The van der Waals surface area contributed by atoms with Gasteiger partial charge in [0.2, 0.25) is 0 Å². The van der Waals surface area contributed by atoms with Crippen LogP contribution in [0.1, 0.15) is 11.7 Å². The average molecular weight is 463 g/mol. The number of nitrogens with zero attached hydrogens (tertiary/aromatic N) is 3. The number of furan rings is 1. The maximum atomic E-state index is 10.0. The quantitative estimate of drug-likeness (QED) is 0.474. The summed E-state index contributed by atoms with van der Waals surface area (Å²) in [6.45, 7) is 0. The maximum absolute atomic E-state index is 10.0. The molecule has 0 bridgehead atoms. The first-order valence-electron chi connectivity index (χ1n) is 9.19. The van der Waals surface area contributed by atoms with Crippen molar-refractivity contribution in [2.45, 2.75) is 10.8 Å². The van der Waals surface area contributed by atoms with Crippen LogP contribution >= 0.6 is 35.0 Å². The molecular formula is C23H12Cl2N4OS. The van der Waals surface area contributed by atoms with Crippen LogP contribution in [-0.2, 0) is 0 Å². The first-order chi connectivity index (χ1) is 15.0. The Bertz CT molecular complexity index is 1370. The summed E-state index contributed by atoms with van der Waals surface area (Å²) < 4.78 is 6.09. The lowest BCUT2D eigenvalue weighted by molar-refractivity contribution is 0.513. The molecule has 8 heteroatoms. The van der Waals surface area contributed by atoms with E-state index in [0.29, 0.717) is 43.6 Å². The predicted octanol–water partition coefficient (Wildman–Crippen LogP) is 6.39. The van der Waals surface area contributed by atoms with Gasteiger partial charge in [0.05, 0.1) is 34.9 Å². The number of benzene rings is 2. The van der Waals surface area contributed by atoms with Crippen molar-refractivity contribution in [1.82, 2.24) is 0 Å². The minimum Gasteiger partial charge on any atom is -0.460 e. The highest BCUT2D eigenvalue weighted by molar-refractivity contribution is 8.03. The molecule has 150 valence electrons. The standard InChI is InChI=1S/C23H12Cl2N4OS/c24-13-7-12(8-14(25)9-13)18-5-6-19(30-18)21-15(10-26)22(28)29-17-3-1-2-4-20(17)31-23(29)16(21)11-27/h1-9,21H,28H2. The Kier molecular flexibility index (Phi) is 4.72. The summed E-state index contributed by atoms with van der Waals surface area (Å²) in [7, 11) is 0. The molecule has 5 rings (SSSR count). The number of halogens is 2. The van der Waals surface area contributed by atoms with Crippen LogP contribution in [0.15, 0.2) is 85.9 Å². The van der Waals surface area contributed by atoms with Crippen molar-refractivity contribution < 1.29 is 4.42 Å². The molecule has 2 aliphatic heterocycles. The van der Waals surface area contributed by atoms with E-state index in [2.05, 4.69) is 12.1 Å². The number of rotatable bonds is 2. The zero-order chi connectivity index (χ0) is 21.7. The monoisotopic (exact) mass is 462 g/mol. The van der Waals surface area contributed by atoms with Crippen LogP contribution < -0.4 is 10.6 Å². The maximum Gasteiger partial charge on any atom is 0.134 e. The molecule has 2 aromatic carbocycles. The van der Waals surface area contributed by atoms with E-state index in [0.717, 1.165) is 10.6 Å². The van der Waals surface area contributed by atoms with E-state index >= 15 is 0 Å². The summed E-state index contributed by atoms with van der Waals surface area (Å²) in [4.78, 5) is 2.74. The molecule has 0 fully saturated rings. The zero-order valence-electron chi connectivity index (χ0n) is 15.8. The summed E-state index contributed by atoms with van der Waals surface area (Å²) in [5.74, 6) is 0.572. The number of hydrogen-bond donors (Lipinski definition) is 1. The van der Waals surface area contributed by atoms with Gasteiger partial charge in [-0.2, -0.15) is 10.5 Å². The summed E-state index contributed by atoms with van der Waals surface area (Å²) in [6.07, 6.45) is 0. The van der Waals surface area contributed by atoms with Gasteiger partial charge in [0, 0.05) is 20.5 Å². The minimum absolute atomic E-state index is 0.266. The molecule has 1 unspecified atom stereocenters. The van der Waals surface area contributed by atoms with Gasteiger partial charge in [0.1, 0.15) is 22.4 Å². The van der Waals surface area contributed by atoms with Gasteiger partial charge in [0.15, 0.2) is 0 Å². The number of allylic oxidation sites excluding steroid dienone is 2. The van der Waals surface area contributed by atoms with E-state index in [-0.39, 0.29) is 5.57 Å². The van der Waals surface area contributed by atoms with Crippen molar-refractivity contribution in [3.63, 3.8) is 0 Å². The molecule has 2 N–H and O–H groups in total. The predicted molar refractivity (Wildman–Crippen MR) is 121 cm³/mol. The van der Waals surface area contributed by atoms with E-state index in [1.807, 2.05) is 24.3 Å². The van der Waals surface area contributed by atoms with Gasteiger partial charge in [-0.25, -0.2) is 0 Å². The second-order valence-electron chi connectivity index (χ2n) is 6.94. The molecule has 1 atom stereocenters. The third kappa shape index (κ3) is 3.08. The minimum atomic E-state index is -0.702. The van der Waals surface area contributed by atoms with Crippen LogP contribution in [0.25, 0.3) is 11.3 Å². The van der Waals surface area contributed by atoms with Gasteiger partial charge in [-0.1, -0.05) is 47.1 Å². The molecule has 5 nitrogen and oxygen atoms in total. The van der Waals surface area contributed by atoms with Gasteiger partial charge < -0.3 is 10.2 Å². The first kappa shape index (κ1) is 19.7. The number of hydrogen-bond acceptors (Lipinski definition) is 6. The van der Waals surface area contributed by atoms with Crippen molar-refractivity contribution in [3.8, 4) is 23.5 Å². The Morgan fingerprint density at radius 3 is 2.39 bits per heavy atom. The fourth-order valence-corrected chi connectivity index (χ4v) is 5.52. The number of anilines is 1. The SMILES string of the molecule is N#CC1=C(N)N2C(=C(C#N)C1c1ccc(-c3cc(Cl)cc(Cl)c3)o1)Sc1ccccc12. The topological polar surface area (TPSA) is 90.0 Å². The van der Waals surface area contributed by atoms with Gasteiger partial charge in [-0.15, -0.1) is 0 Å². The molecule has 1 aromatic heterocycles. The van der Waals surface area contributed by atoms with Crippen molar-refractivity contribution >= 4 is 40.7 Å². The molecule has 3 aromatic rings. The highest BCUT2D eigenvalue weighted by Crippen LogP contribution is 2.54. The number of para-hydroxylation sites is 1. The Balaban J connectivity index is 1.65. The van der Waals surface area contributed by atoms with E-state index in [4.69, 9.17) is 33.4 Å². The van der Waals surface area contributed by atoms with E-state index in [9.17, 15) is 10.5 Å². The van der Waals surface area contributed by atoms with Gasteiger partial charge in [-0.05, 0) is 42.5 Å². The molecule has 0 aliphatic carbocycles. The Morgan fingerprint density at radius 1 is 0.968 bits per heavy atom. The molecule has 2 aliphatic rings. The Morgan fingerprint density at radius 2 is 1.68 bits per heavy atom. The summed E-state index contributed by atoms with van der Waals surface area (Å²) in [5, 5.41) is 21.6. The average Bonchev–Trinajstić information content (AvgIpc) is 3.38. The lowest BCUT2D eigenvalue weighted by Crippen LogP contribution is -2.32. The third-order valence-electron chi connectivity index (χ3n) is 5.14. The van der Waals surface area contributed by atoms with E-state index in [1.165, 1.54) is 11.8 Å². The van der Waals surface area contributed by atoms with Crippen LogP contribution in [0.4, 0.5) is 5.69 Å². The smallest absolute Gasteiger partial charge is 0.134 e. The van der Waals surface area contributed by atoms with Crippen LogP contribution in [0.5, 0.6) is 0 Å². The van der Waals surface area contributed by atoms with Gasteiger partial charge >= 0.3 is 0 Å². The molecule has 0 radical (unpaired) electrons. The summed E-state index contributed by atoms with van der Waals surface area (Å²) >= 11 is 13.7. The second kappa shape index (κ2) is 7.44. The van der Waals surface area contributed by atoms with Crippen LogP contribution in [-0.4, -0.2) is 0 Å². The molecule has 0 amide bonds. The van der Waals surface area contributed by atoms with Crippen molar-refractivity contribution in [1.29, 1.82) is 10.5 Å².